The van der Waals surface area contributed by atoms with E-state index in [4.69, 9.17) is 10.00 Å². The number of nitriles is 1. The van der Waals surface area contributed by atoms with E-state index in [-0.39, 0.29) is 6.09 Å². The second kappa shape index (κ2) is 5.01. The van der Waals surface area contributed by atoms with Crippen LogP contribution in [0.15, 0.2) is 24.3 Å². The Morgan fingerprint density at radius 2 is 1.86 bits per heavy atom. The van der Waals surface area contributed by atoms with Gasteiger partial charge in [-0.2, -0.15) is 5.26 Å². The number of likely N-dealkylation sites (tertiary alicyclic amines) is 1. The fourth-order valence-corrected chi connectivity index (χ4v) is 3.53. The summed E-state index contributed by atoms with van der Waals surface area (Å²) in [5, 5.41) is 8.83. The van der Waals surface area contributed by atoms with Crippen LogP contribution in [0.1, 0.15) is 50.7 Å². The number of benzene rings is 1. The van der Waals surface area contributed by atoms with E-state index in [1.807, 2.05) is 32.9 Å². The molecule has 0 atom stereocenters. The Morgan fingerprint density at radius 3 is 2.36 bits per heavy atom. The van der Waals surface area contributed by atoms with Crippen molar-refractivity contribution in [1.29, 1.82) is 5.26 Å². The van der Waals surface area contributed by atoms with E-state index in [0.717, 1.165) is 25.9 Å². The summed E-state index contributed by atoms with van der Waals surface area (Å²) in [5.41, 5.74) is 1.89. The minimum Gasteiger partial charge on any atom is -0.444 e. The fourth-order valence-electron chi connectivity index (χ4n) is 3.53. The summed E-state index contributed by atoms with van der Waals surface area (Å²) in [5.74, 6) is 0.563. The maximum Gasteiger partial charge on any atom is 0.410 e. The summed E-state index contributed by atoms with van der Waals surface area (Å²) < 4.78 is 5.40. The van der Waals surface area contributed by atoms with Gasteiger partial charge < -0.3 is 9.64 Å². The maximum atomic E-state index is 12.0. The molecule has 0 aromatic heterocycles. The number of carbonyl (C=O) groups excluding carboxylic acids is 1. The predicted octanol–water partition coefficient (Wildman–Crippen LogP) is 3.67. The Labute approximate surface area is 131 Å². The van der Waals surface area contributed by atoms with Gasteiger partial charge in [-0.15, -0.1) is 0 Å². The van der Waals surface area contributed by atoms with Crippen LogP contribution in [0, 0.1) is 16.7 Å². The molecule has 1 spiro atoms. The zero-order valence-electron chi connectivity index (χ0n) is 13.4. The fraction of sp³-hybridized carbons (Fsp3) is 0.556. The van der Waals surface area contributed by atoms with E-state index in [1.165, 1.54) is 5.56 Å². The SMILES string of the molecule is CC(C)(C)OC(=O)N1CC2(CC(c3ccc(C#N)cc3)C2)C1. The maximum absolute atomic E-state index is 12.0. The van der Waals surface area contributed by atoms with Crippen molar-refractivity contribution >= 4 is 6.09 Å². The molecule has 1 aliphatic carbocycles. The molecule has 1 aliphatic heterocycles. The van der Waals surface area contributed by atoms with E-state index in [0.29, 0.717) is 16.9 Å². The predicted molar refractivity (Wildman–Crippen MR) is 83.4 cm³/mol. The van der Waals surface area contributed by atoms with Crippen molar-refractivity contribution in [2.24, 2.45) is 5.41 Å². The van der Waals surface area contributed by atoms with Gasteiger partial charge in [-0.1, -0.05) is 12.1 Å². The molecule has 1 aromatic carbocycles. The lowest BCUT2D eigenvalue weighted by atomic mass is 9.56. The second-order valence-electron chi connectivity index (χ2n) is 7.68. The molecular weight excluding hydrogens is 276 g/mol. The van der Waals surface area contributed by atoms with Crippen LogP contribution in [0.5, 0.6) is 0 Å². The molecule has 1 heterocycles. The van der Waals surface area contributed by atoms with Gasteiger partial charge in [0.1, 0.15) is 5.60 Å². The first-order valence-electron chi connectivity index (χ1n) is 7.78. The smallest absolute Gasteiger partial charge is 0.410 e. The summed E-state index contributed by atoms with van der Waals surface area (Å²) in [4.78, 5) is 13.8. The number of hydrogen-bond donors (Lipinski definition) is 0. The molecule has 0 N–H and O–H groups in total. The van der Waals surface area contributed by atoms with Crippen LogP contribution in [0.4, 0.5) is 4.79 Å². The Hall–Kier alpha value is -2.02. The molecule has 0 unspecified atom stereocenters. The number of nitrogens with zero attached hydrogens (tertiary/aromatic N) is 2. The molecule has 1 saturated carbocycles. The van der Waals surface area contributed by atoms with E-state index < -0.39 is 5.60 Å². The zero-order valence-corrected chi connectivity index (χ0v) is 13.4. The van der Waals surface area contributed by atoms with Crippen LogP contribution < -0.4 is 0 Å². The minimum atomic E-state index is -0.426. The van der Waals surface area contributed by atoms with Gasteiger partial charge in [0, 0.05) is 18.5 Å². The molecule has 1 amide bonds. The standard InChI is InChI=1S/C18H22N2O2/c1-17(2,3)22-16(21)20-11-18(12-20)8-15(9-18)14-6-4-13(10-19)5-7-14/h4-7,15H,8-9,11-12H2,1-3H3. The first-order chi connectivity index (χ1) is 10.3. The monoisotopic (exact) mass is 298 g/mol. The van der Waals surface area contributed by atoms with Gasteiger partial charge in [-0.3, -0.25) is 0 Å². The minimum absolute atomic E-state index is 0.194. The van der Waals surface area contributed by atoms with Crippen molar-refractivity contribution in [3.05, 3.63) is 35.4 Å². The first kappa shape index (κ1) is 14.9. The molecule has 2 aliphatic rings. The molecule has 1 aromatic rings. The molecule has 3 rings (SSSR count). The summed E-state index contributed by atoms with van der Waals surface area (Å²) in [6.07, 6.45) is 2.05. The van der Waals surface area contributed by atoms with Gasteiger partial charge in [-0.25, -0.2) is 4.79 Å². The van der Waals surface area contributed by atoms with Crippen LogP contribution in [-0.2, 0) is 4.74 Å². The van der Waals surface area contributed by atoms with Crippen LogP contribution in [0.2, 0.25) is 0 Å². The molecule has 0 radical (unpaired) electrons. The second-order valence-corrected chi connectivity index (χ2v) is 7.68. The Kier molecular flexibility index (Phi) is 3.40. The van der Waals surface area contributed by atoms with Crippen molar-refractivity contribution in [2.75, 3.05) is 13.1 Å². The van der Waals surface area contributed by atoms with Crippen molar-refractivity contribution in [1.82, 2.24) is 4.90 Å². The molecule has 116 valence electrons. The third kappa shape index (κ3) is 2.81. The number of rotatable bonds is 1. The highest BCUT2D eigenvalue weighted by Crippen LogP contribution is 2.56. The van der Waals surface area contributed by atoms with Gasteiger partial charge in [0.2, 0.25) is 0 Å². The van der Waals surface area contributed by atoms with E-state index >= 15 is 0 Å². The van der Waals surface area contributed by atoms with Crippen molar-refractivity contribution in [2.45, 2.75) is 45.1 Å². The highest BCUT2D eigenvalue weighted by molar-refractivity contribution is 5.69. The average Bonchev–Trinajstić information content (AvgIpc) is 2.34. The lowest BCUT2D eigenvalue weighted by Crippen LogP contribution is -2.63. The molecule has 4 nitrogen and oxygen atoms in total. The molecule has 1 saturated heterocycles. The normalized spacial score (nSPS) is 20.0. The van der Waals surface area contributed by atoms with Crippen LogP contribution in [-0.4, -0.2) is 29.7 Å². The van der Waals surface area contributed by atoms with Gasteiger partial charge in [0.15, 0.2) is 0 Å². The van der Waals surface area contributed by atoms with Crippen molar-refractivity contribution in [3.8, 4) is 6.07 Å². The Bertz CT molecular complexity index is 608. The number of amides is 1. The average molecular weight is 298 g/mol. The summed E-state index contributed by atoms with van der Waals surface area (Å²) in [7, 11) is 0. The number of carbonyl (C=O) groups is 1. The molecule has 2 fully saturated rings. The lowest BCUT2D eigenvalue weighted by Gasteiger charge is -2.58. The van der Waals surface area contributed by atoms with E-state index in [1.54, 1.807) is 4.90 Å². The number of hydrogen-bond acceptors (Lipinski definition) is 3. The summed E-state index contributed by atoms with van der Waals surface area (Å²) in [6.45, 7) is 7.31. The van der Waals surface area contributed by atoms with Gasteiger partial charge >= 0.3 is 6.09 Å². The van der Waals surface area contributed by atoms with Gasteiger partial charge in [-0.05, 0) is 57.2 Å². The summed E-state index contributed by atoms with van der Waals surface area (Å²) >= 11 is 0. The molecule has 22 heavy (non-hydrogen) atoms. The van der Waals surface area contributed by atoms with Crippen LogP contribution in [0.3, 0.4) is 0 Å². The highest BCUT2D eigenvalue weighted by Gasteiger charge is 2.54. The third-order valence-corrected chi connectivity index (χ3v) is 4.57. The van der Waals surface area contributed by atoms with Crippen molar-refractivity contribution < 1.29 is 9.53 Å². The molecule has 0 bridgehead atoms. The zero-order chi connectivity index (χ0) is 16.0. The van der Waals surface area contributed by atoms with E-state index in [2.05, 4.69) is 18.2 Å². The van der Waals surface area contributed by atoms with Crippen LogP contribution in [0.25, 0.3) is 0 Å². The number of ether oxygens (including phenoxy) is 1. The third-order valence-electron chi connectivity index (χ3n) is 4.57. The van der Waals surface area contributed by atoms with Crippen LogP contribution >= 0.6 is 0 Å². The Morgan fingerprint density at radius 1 is 1.27 bits per heavy atom. The topological polar surface area (TPSA) is 53.3 Å². The largest absolute Gasteiger partial charge is 0.444 e. The van der Waals surface area contributed by atoms with Gasteiger partial charge in [0.25, 0.3) is 0 Å². The van der Waals surface area contributed by atoms with Crippen molar-refractivity contribution in [3.63, 3.8) is 0 Å². The lowest BCUT2D eigenvalue weighted by molar-refractivity contribution is -0.0786. The van der Waals surface area contributed by atoms with Gasteiger partial charge in [0.05, 0.1) is 11.6 Å². The quantitative estimate of drug-likeness (QED) is 0.795. The summed E-state index contributed by atoms with van der Waals surface area (Å²) in [6, 6.07) is 10.0. The molecular formula is C18H22N2O2. The molecule has 4 heteroatoms. The Balaban J connectivity index is 1.50. The first-order valence-corrected chi connectivity index (χ1v) is 7.78. The highest BCUT2D eigenvalue weighted by atomic mass is 16.6. The van der Waals surface area contributed by atoms with E-state index in [9.17, 15) is 4.79 Å².